The molecule has 0 heterocycles. The lowest BCUT2D eigenvalue weighted by Gasteiger charge is -2.09. The molecule has 0 aromatic heterocycles. The molecule has 1 aromatic carbocycles. The molecule has 0 fully saturated rings. The SMILES string of the molecule is CCC(C)Sc1cc(C(=O)O)c(F)cc1[N+](=O)[O-]. The number of benzene rings is 1. The van der Waals surface area contributed by atoms with E-state index in [2.05, 4.69) is 0 Å². The highest BCUT2D eigenvalue weighted by Gasteiger charge is 2.22. The maximum atomic E-state index is 13.4. The second kappa shape index (κ2) is 5.81. The Morgan fingerprint density at radius 3 is 2.67 bits per heavy atom. The average Bonchev–Trinajstić information content (AvgIpc) is 2.29. The molecule has 1 rings (SSSR count). The highest BCUT2D eigenvalue weighted by Crippen LogP contribution is 2.35. The van der Waals surface area contributed by atoms with Crippen molar-refractivity contribution in [1.29, 1.82) is 0 Å². The van der Waals surface area contributed by atoms with E-state index in [1.54, 1.807) is 0 Å². The predicted octanol–water partition coefficient (Wildman–Crippen LogP) is 3.32. The topological polar surface area (TPSA) is 80.4 Å². The number of thioether (sulfide) groups is 1. The molecule has 1 aromatic rings. The summed E-state index contributed by atoms with van der Waals surface area (Å²) in [6, 6.07) is 1.68. The minimum absolute atomic E-state index is 0.0795. The van der Waals surface area contributed by atoms with Crippen LogP contribution in [0.1, 0.15) is 30.6 Å². The van der Waals surface area contributed by atoms with Crippen molar-refractivity contribution in [2.45, 2.75) is 30.4 Å². The summed E-state index contributed by atoms with van der Waals surface area (Å²) in [4.78, 5) is 21.1. The summed E-state index contributed by atoms with van der Waals surface area (Å²) in [6.07, 6.45) is 0.765. The first-order valence-electron chi connectivity index (χ1n) is 5.24. The van der Waals surface area contributed by atoms with Crippen molar-refractivity contribution in [3.63, 3.8) is 0 Å². The van der Waals surface area contributed by atoms with Crippen LogP contribution in [0.5, 0.6) is 0 Å². The normalized spacial score (nSPS) is 12.2. The molecule has 0 aliphatic rings. The lowest BCUT2D eigenvalue weighted by Crippen LogP contribution is -2.04. The van der Waals surface area contributed by atoms with Crippen LogP contribution in [0.15, 0.2) is 17.0 Å². The molecular formula is C11H12FNO4S. The number of nitro benzene ring substituents is 1. The summed E-state index contributed by atoms with van der Waals surface area (Å²) >= 11 is 1.17. The first-order valence-corrected chi connectivity index (χ1v) is 6.12. The first-order chi connectivity index (χ1) is 8.36. The number of carboxylic acids is 1. The Hall–Kier alpha value is -1.63. The monoisotopic (exact) mass is 273 g/mol. The number of halogens is 1. The fourth-order valence-corrected chi connectivity index (χ4v) is 2.28. The summed E-state index contributed by atoms with van der Waals surface area (Å²) in [6.45, 7) is 3.77. The largest absolute Gasteiger partial charge is 0.478 e. The minimum atomic E-state index is -1.44. The standard InChI is InChI=1S/C11H12FNO4S/c1-3-6(2)18-10-4-7(11(14)15)8(12)5-9(10)13(16)17/h4-6H,3H2,1-2H3,(H,14,15). The van der Waals surface area contributed by atoms with Crippen molar-refractivity contribution in [3.05, 3.63) is 33.6 Å². The summed E-state index contributed by atoms with van der Waals surface area (Å²) in [5, 5.41) is 19.7. The Balaban J connectivity index is 3.30. The van der Waals surface area contributed by atoms with Crippen molar-refractivity contribution in [1.82, 2.24) is 0 Å². The van der Waals surface area contributed by atoms with E-state index < -0.39 is 28.0 Å². The second-order valence-corrected chi connectivity index (χ2v) is 5.18. The van der Waals surface area contributed by atoms with Gasteiger partial charge in [0.15, 0.2) is 0 Å². The van der Waals surface area contributed by atoms with E-state index in [4.69, 9.17) is 5.11 Å². The van der Waals surface area contributed by atoms with E-state index in [-0.39, 0.29) is 10.1 Å². The molecular weight excluding hydrogens is 261 g/mol. The van der Waals surface area contributed by atoms with Gasteiger partial charge < -0.3 is 5.11 Å². The van der Waals surface area contributed by atoms with Crippen molar-refractivity contribution >= 4 is 23.4 Å². The molecule has 1 atom stereocenters. The zero-order chi connectivity index (χ0) is 13.9. The molecule has 0 amide bonds. The summed E-state index contributed by atoms with van der Waals surface area (Å²) in [5.41, 5.74) is -0.950. The molecule has 1 N–H and O–H groups in total. The van der Waals surface area contributed by atoms with Crippen LogP contribution >= 0.6 is 11.8 Å². The van der Waals surface area contributed by atoms with Crippen molar-refractivity contribution < 1.29 is 19.2 Å². The van der Waals surface area contributed by atoms with Crippen molar-refractivity contribution in [2.75, 3.05) is 0 Å². The number of carbonyl (C=O) groups is 1. The molecule has 7 heteroatoms. The van der Waals surface area contributed by atoms with E-state index in [1.165, 1.54) is 11.8 Å². The fourth-order valence-electron chi connectivity index (χ4n) is 1.24. The number of nitro groups is 1. The van der Waals surface area contributed by atoms with Crippen molar-refractivity contribution in [2.24, 2.45) is 0 Å². The molecule has 0 bridgehead atoms. The van der Waals surface area contributed by atoms with Crippen LogP contribution in [-0.2, 0) is 0 Å². The average molecular weight is 273 g/mol. The molecule has 0 saturated carbocycles. The fraction of sp³-hybridized carbons (Fsp3) is 0.364. The van der Waals surface area contributed by atoms with Crippen LogP contribution in [0.25, 0.3) is 0 Å². The third kappa shape index (κ3) is 3.19. The quantitative estimate of drug-likeness (QED) is 0.505. The van der Waals surface area contributed by atoms with Gasteiger partial charge in [0, 0.05) is 5.25 Å². The van der Waals surface area contributed by atoms with Gasteiger partial charge in [-0.1, -0.05) is 13.8 Å². The van der Waals surface area contributed by atoms with Crippen LogP contribution < -0.4 is 0 Å². The maximum absolute atomic E-state index is 13.4. The van der Waals surface area contributed by atoms with Gasteiger partial charge in [-0.05, 0) is 12.5 Å². The lowest BCUT2D eigenvalue weighted by molar-refractivity contribution is -0.387. The molecule has 0 saturated heterocycles. The van der Waals surface area contributed by atoms with E-state index in [0.717, 1.165) is 12.5 Å². The van der Waals surface area contributed by atoms with Crippen LogP contribution in [0, 0.1) is 15.9 Å². The molecule has 98 valence electrons. The molecule has 18 heavy (non-hydrogen) atoms. The third-order valence-electron chi connectivity index (χ3n) is 2.38. The zero-order valence-corrected chi connectivity index (χ0v) is 10.7. The molecule has 1 unspecified atom stereocenters. The number of aromatic carboxylic acids is 1. The van der Waals surface area contributed by atoms with Gasteiger partial charge in [-0.15, -0.1) is 11.8 Å². The summed E-state index contributed by atoms with van der Waals surface area (Å²) in [5.74, 6) is -2.53. The predicted molar refractivity (Wildman–Crippen MR) is 65.6 cm³/mol. The van der Waals surface area contributed by atoms with E-state index >= 15 is 0 Å². The Bertz CT molecular complexity index is 492. The summed E-state index contributed by atoms with van der Waals surface area (Å²) in [7, 11) is 0. The van der Waals surface area contributed by atoms with Gasteiger partial charge in [-0.3, -0.25) is 10.1 Å². The highest BCUT2D eigenvalue weighted by atomic mass is 32.2. The summed E-state index contributed by atoms with van der Waals surface area (Å²) < 4.78 is 13.4. The Labute approximate surface area is 107 Å². The number of carboxylic acid groups (broad SMARTS) is 1. The van der Waals surface area contributed by atoms with Crippen LogP contribution in [-0.4, -0.2) is 21.2 Å². The molecule has 5 nitrogen and oxygen atoms in total. The molecule has 0 spiro atoms. The lowest BCUT2D eigenvalue weighted by atomic mass is 10.2. The van der Waals surface area contributed by atoms with E-state index in [9.17, 15) is 19.3 Å². The van der Waals surface area contributed by atoms with Crippen molar-refractivity contribution in [3.8, 4) is 0 Å². The van der Waals surface area contributed by atoms with Gasteiger partial charge in [-0.2, -0.15) is 0 Å². The zero-order valence-electron chi connectivity index (χ0n) is 9.84. The Kier molecular flexibility index (Phi) is 4.66. The minimum Gasteiger partial charge on any atom is -0.478 e. The maximum Gasteiger partial charge on any atom is 0.338 e. The number of hydrogen-bond acceptors (Lipinski definition) is 4. The van der Waals surface area contributed by atoms with Gasteiger partial charge >= 0.3 is 5.97 Å². The molecule has 0 aliphatic carbocycles. The van der Waals surface area contributed by atoms with Crippen LogP contribution in [0.2, 0.25) is 0 Å². The molecule has 0 radical (unpaired) electrons. The number of nitrogens with zero attached hydrogens (tertiary/aromatic N) is 1. The Morgan fingerprint density at radius 1 is 1.61 bits per heavy atom. The van der Waals surface area contributed by atoms with Gasteiger partial charge in [0.05, 0.1) is 21.4 Å². The van der Waals surface area contributed by atoms with E-state index in [1.807, 2.05) is 13.8 Å². The van der Waals surface area contributed by atoms with E-state index in [0.29, 0.717) is 6.07 Å². The highest BCUT2D eigenvalue weighted by molar-refractivity contribution is 8.00. The van der Waals surface area contributed by atoms with Gasteiger partial charge in [0.2, 0.25) is 0 Å². The Morgan fingerprint density at radius 2 is 2.22 bits per heavy atom. The van der Waals surface area contributed by atoms with Gasteiger partial charge in [-0.25, -0.2) is 9.18 Å². The molecule has 0 aliphatic heterocycles. The number of hydrogen-bond donors (Lipinski definition) is 1. The number of rotatable bonds is 5. The smallest absolute Gasteiger partial charge is 0.338 e. The second-order valence-electron chi connectivity index (χ2n) is 3.70. The first kappa shape index (κ1) is 14.4. The van der Waals surface area contributed by atoms with Crippen LogP contribution in [0.4, 0.5) is 10.1 Å². The van der Waals surface area contributed by atoms with Gasteiger partial charge in [0.25, 0.3) is 5.69 Å². The van der Waals surface area contributed by atoms with Gasteiger partial charge in [0.1, 0.15) is 5.82 Å². The third-order valence-corrected chi connectivity index (χ3v) is 3.70. The van der Waals surface area contributed by atoms with Crippen LogP contribution in [0.3, 0.4) is 0 Å².